The van der Waals surface area contributed by atoms with Gasteiger partial charge in [0.25, 0.3) is 0 Å². The largest absolute Gasteiger partial charge is 0.354 e. The highest BCUT2D eigenvalue weighted by atomic mass is 19.1. The van der Waals surface area contributed by atoms with Gasteiger partial charge in [0.05, 0.1) is 12.7 Å². The quantitative estimate of drug-likeness (QED) is 0.624. The second-order valence-corrected chi connectivity index (χ2v) is 5.72. The topological polar surface area (TPSA) is 88.1 Å². The van der Waals surface area contributed by atoms with Crippen LogP contribution in [0.3, 0.4) is 0 Å². The Morgan fingerprint density at radius 2 is 2.08 bits per heavy atom. The summed E-state index contributed by atoms with van der Waals surface area (Å²) in [4.78, 5) is 27.4. The van der Waals surface area contributed by atoms with Crippen LogP contribution in [-0.4, -0.2) is 40.6 Å². The first kappa shape index (κ1) is 18.4. The number of nitrogens with zero attached hydrogens (tertiary/aromatic N) is 2. The average molecular weight is 347 g/mol. The lowest BCUT2D eigenvalue weighted by atomic mass is 10.1. The fourth-order valence-electron chi connectivity index (χ4n) is 2.30. The van der Waals surface area contributed by atoms with Crippen molar-refractivity contribution in [3.05, 3.63) is 54.4 Å². The lowest BCUT2D eigenvalue weighted by Gasteiger charge is -2.15. The molecule has 2 aromatic rings. The molecule has 0 unspecified atom stereocenters. The molecular formula is C17H22FN5O2. The number of amides is 3. The summed E-state index contributed by atoms with van der Waals surface area (Å²) in [5.74, 6) is -0.588. The highest BCUT2D eigenvalue weighted by Crippen LogP contribution is 2.03. The third-order valence-electron chi connectivity index (χ3n) is 3.41. The SMILES string of the molecule is C[C@H](Cn1ccnc1)NC(=O)NCCNC(=O)Cc1cccc(F)c1. The van der Waals surface area contributed by atoms with Gasteiger partial charge in [0.15, 0.2) is 0 Å². The Morgan fingerprint density at radius 3 is 2.80 bits per heavy atom. The normalized spacial score (nSPS) is 11.6. The molecule has 134 valence electrons. The van der Waals surface area contributed by atoms with Crippen LogP contribution in [0.5, 0.6) is 0 Å². The number of nitrogens with one attached hydrogen (secondary N) is 3. The predicted molar refractivity (Wildman–Crippen MR) is 91.3 cm³/mol. The van der Waals surface area contributed by atoms with Crippen molar-refractivity contribution < 1.29 is 14.0 Å². The fourth-order valence-corrected chi connectivity index (χ4v) is 2.30. The Labute approximate surface area is 145 Å². The third kappa shape index (κ3) is 7.03. The molecule has 3 amide bonds. The second kappa shape index (κ2) is 9.41. The molecule has 1 aromatic carbocycles. The van der Waals surface area contributed by atoms with E-state index < -0.39 is 0 Å². The van der Waals surface area contributed by atoms with Gasteiger partial charge in [-0.3, -0.25) is 4.79 Å². The van der Waals surface area contributed by atoms with Crippen molar-refractivity contribution in [3.63, 3.8) is 0 Å². The van der Waals surface area contributed by atoms with Crippen molar-refractivity contribution in [2.45, 2.75) is 25.9 Å². The van der Waals surface area contributed by atoms with Crippen molar-refractivity contribution in [1.29, 1.82) is 0 Å². The summed E-state index contributed by atoms with van der Waals surface area (Å²) in [5, 5.41) is 8.15. The lowest BCUT2D eigenvalue weighted by Crippen LogP contribution is -2.44. The molecule has 0 saturated heterocycles. The van der Waals surface area contributed by atoms with Crippen LogP contribution in [0, 0.1) is 5.82 Å². The van der Waals surface area contributed by atoms with Crippen LogP contribution in [-0.2, 0) is 17.8 Å². The molecule has 1 atom stereocenters. The molecule has 2 rings (SSSR count). The first-order valence-electron chi connectivity index (χ1n) is 8.04. The number of hydrogen-bond donors (Lipinski definition) is 3. The molecule has 0 saturated carbocycles. The van der Waals surface area contributed by atoms with Gasteiger partial charge < -0.3 is 20.5 Å². The van der Waals surface area contributed by atoms with E-state index in [4.69, 9.17) is 0 Å². The van der Waals surface area contributed by atoms with Gasteiger partial charge in [0, 0.05) is 38.1 Å². The van der Waals surface area contributed by atoms with Crippen LogP contribution in [0.25, 0.3) is 0 Å². The lowest BCUT2D eigenvalue weighted by molar-refractivity contribution is -0.120. The van der Waals surface area contributed by atoms with Crippen molar-refractivity contribution in [3.8, 4) is 0 Å². The van der Waals surface area contributed by atoms with Crippen LogP contribution in [0.1, 0.15) is 12.5 Å². The minimum atomic E-state index is -0.367. The highest BCUT2D eigenvalue weighted by Gasteiger charge is 2.08. The maximum absolute atomic E-state index is 13.0. The Morgan fingerprint density at radius 1 is 1.28 bits per heavy atom. The van der Waals surface area contributed by atoms with E-state index in [0.717, 1.165) is 0 Å². The van der Waals surface area contributed by atoms with Gasteiger partial charge in [-0.05, 0) is 24.6 Å². The zero-order valence-electron chi connectivity index (χ0n) is 14.0. The summed E-state index contributed by atoms with van der Waals surface area (Å²) in [5.41, 5.74) is 0.608. The van der Waals surface area contributed by atoms with E-state index in [0.29, 0.717) is 25.2 Å². The summed E-state index contributed by atoms with van der Waals surface area (Å²) in [7, 11) is 0. The van der Waals surface area contributed by atoms with Gasteiger partial charge in [-0.15, -0.1) is 0 Å². The number of benzene rings is 1. The van der Waals surface area contributed by atoms with Crippen LogP contribution < -0.4 is 16.0 Å². The van der Waals surface area contributed by atoms with E-state index in [9.17, 15) is 14.0 Å². The summed E-state index contributed by atoms with van der Waals surface area (Å²) in [6.45, 7) is 3.12. The van der Waals surface area contributed by atoms with Crippen molar-refractivity contribution >= 4 is 11.9 Å². The molecule has 8 heteroatoms. The third-order valence-corrected chi connectivity index (χ3v) is 3.41. The first-order chi connectivity index (χ1) is 12.0. The second-order valence-electron chi connectivity index (χ2n) is 5.72. The van der Waals surface area contributed by atoms with Gasteiger partial charge in [-0.2, -0.15) is 0 Å². The number of halogens is 1. The van der Waals surface area contributed by atoms with E-state index in [1.54, 1.807) is 24.7 Å². The smallest absolute Gasteiger partial charge is 0.315 e. The number of carbonyl (C=O) groups excluding carboxylic acids is 2. The maximum Gasteiger partial charge on any atom is 0.315 e. The van der Waals surface area contributed by atoms with Crippen LogP contribution in [0.15, 0.2) is 43.0 Å². The molecule has 3 N–H and O–H groups in total. The van der Waals surface area contributed by atoms with Gasteiger partial charge >= 0.3 is 6.03 Å². The standard InChI is InChI=1S/C17H22FN5O2/c1-13(11-23-8-7-19-12-23)22-17(25)21-6-5-20-16(24)10-14-3-2-4-15(18)9-14/h2-4,7-9,12-13H,5-6,10-11H2,1H3,(H,20,24)(H2,21,22,25)/t13-/m1/s1. The van der Waals surface area contributed by atoms with Gasteiger partial charge in [-0.25, -0.2) is 14.2 Å². The molecule has 0 aliphatic rings. The van der Waals surface area contributed by atoms with E-state index in [2.05, 4.69) is 20.9 Å². The van der Waals surface area contributed by atoms with Crippen LogP contribution >= 0.6 is 0 Å². The molecule has 0 spiro atoms. The number of urea groups is 1. The van der Waals surface area contributed by atoms with Gasteiger partial charge in [-0.1, -0.05) is 12.1 Å². The zero-order chi connectivity index (χ0) is 18.1. The molecule has 1 heterocycles. The average Bonchev–Trinajstić information content (AvgIpc) is 3.04. The number of aromatic nitrogens is 2. The molecular weight excluding hydrogens is 325 g/mol. The zero-order valence-corrected chi connectivity index (χ0v) is 14.0. The van der Waals surface area contributed by atoms with E-state index >= 15 is 0 Å². The summed E-state index contributed by atoms with van der Waals surface area (Å²) in [6.07, 6.45) is 5.29. The molecule has 1 aromatic heterocycles. The summed E-state index contributed by atoms with van der Waals surface area (Å²) in [6, 6.07) is 5.55. The van der Waals surface area contributed by atoms with Crippen molar-refractivity contribution in [1.82, 2.24) is 25.5 Å². The summed E-state index contributed by atoms with van der Waals surface area (Å²) < 4.78 is 14.9. The summed E-state index contributed by atoms with van der Waals surface area (Å²) >= 11 is 0. The van der Waals surface area contributed by atoms with E-state index in [-0.39, 0.29) is 30.2 Å². The fraction of sp³-hybridized carbons (Fsp3) is 0.353. The predicted octanol–water partition coefficient (Wildman–Crippen LogP) is 1.07. The number of rotatable bonds is 8. The molecule has 0 aliphatic heterocycles. The Hall–Kier alpha value is -2.90. The number of hydrogen-bond acceptors (Lipinski definition) is 3. The Bertz CT molecular complexity index is 690. The maximum atomic E-state index is 13.0. The van der Waals surface area contributed by atoms with E-state index in [1.165, 1.54) is 12.1 Å². The molecule has 7 nitrogen and oxygen atoms in total. The Balaban J connectivity index is 1.58. The molecule has 0 radical (unpaired) electrons. The van der Waals surface area contributed by atoms with Gasteiger partial charge in [0.1, 0.15) is 5.82 Å². The van der Waals surface area contributed by atoms with Crippen molar-refractivity contribution in [2.24, 2.45) is 0 Å². The number of imidazole rings is 1. The Kier molecular flexibility index (Phi) is 6.94. The molecule has 0 fully saturated rings. The minimum Gasteiger partial charge on any atom is -0.354 e. The van der Waals surface area contributed by atoms with E-state index in [1.807, 2.05) is 17.7 Å². The molecule has 0 aliphatic carbocycles. The van der Waals surface area contributed by atoms with Crippen LogP contribution in [0.4, 0.5) is 9.18 Å². The van der Waals surface area contributed by atoms with Crippen LogP contribution in [0.2, 0.25) is 0 Å². The van der Waals surface area contributed by atoms with Crippen molar-refractivity contribution in [2.75, 3.05) is 13.1 Å². The minimum absolute atomic E-state index is 0.0585. The van der Waals surface area contributed by atoms with Gasteiger partial charge in [0.2, 0.25) is 5.91 Å². The number of carbonyl (C=O) groups is 2. The monoisotopic (exact) mass is 347 g/mol. The molecule has 25 heavy (non-hydrogen) atoms. The first-order valence-corrected chi connectivity index (χ1v) is 8.04. The molecule has 0 bridgehead atoms. The highest BCUT2D eigenvalue weighted by molar-refractivity contribution is 5.78.